The SMILES string of the molecule is NC1CCC(Nc2cc(-c3cncc(NCc4ccc(F)cc4)c3)c(Cl)cn2)CC1. The van der Waals surface area contributed by atoms with Crippen molar-refractivity contribution in [1.82, 2.24) is 9.97 Å². The molecule has 0 radical (unpaired) electrons. The highest BCUT2D eigenvalue weighted by atomic mass is 35.5. The predicted octanol–water partition coefficient (Wildman–Crippen LogP) is 5.23. The van der Waals surface area contributed by atoms with E-state index < -0.39 is 0 Å². The summed E-state index contributed by atoms with van der Waals surface area (Å²) in [5.74, 6) is 0.565. The average molecular weight is 426 g/mol. The van der Waals surface area contributed by atoms with Crippen LogP contribution in [-0.4, -0.2) is 22.1 Å². The Bertz CT molecular complexity index is 987. The first-order valence-corrected chi connectivity index (χ1v) is 10.6. The zero-order chi connectivity index (χ0) is 20.9. The third-order valence-electron chi connectivity index (χ3n) is 5.44. The molecule has 3 aromatic rings. The lowest BCUT2D eigenvalue weighted by Crippen LogP contribution is -2.33. The number of nitrogens with two attached hydrogens (primary N) is 1. The van der Waals surface area contributed by atoms with E-state index in [0.717, 1.165) is 53.9 Å². The first-order valence-electron chi connectivity index (χ1n) is 10.2. The Hall–Kier alpha value is -2.70. The van der Waals surface area contributed by atoms with Crippen molar-refractivity contribution in [2.75, 3.05) is 10.6 Å². The van der Waals surface area contributed by atoms with Crippen molar-refractivity contribution in [3.05, 3.63) is 71.4 Å². The van der Waals surface area contributed by atoms with Gasteiger partial charge in [0.2, 0.25) is 0 Å². The van der Waals surface area contributed by atoms with Gasteiger partial charge in [-0.1, -0.05) is 23.7 Å². The van der Waals surface area contributed by atoms with Crippen LogP contribution in [0.2, 0.25) is 5.02 Å². The van der Waals surface area contributed by atoms with Crippen LogP contribution >= 0.6 is 11.6 Å². The number of rotatable bonds is 6. The minimum absolute atomic E-state index is 0.241. The van der Waals surface area contributed by atoms with E-state index in [-0.39, 0.29) is 5.82 Å². The third kappa shape index (κ3) is 5.26. The Kier molecular flexibility index (Phi) is 6.45. The normalized spacial score (nSPS) is 18.8. The monoisotopic (exact) mass is 425 g/mol. The van der Waals surface area contributed by atoms with Crippen LogP contribution in [0, 0.1) is 5.82 Å². The van der Waals surface area contributed by atoms with Gasteiger partial charge < -0.3 is 16.4 Å². The fourth-order valence-corrected chi connectivity index (χ4v) is 3.91. The first kappa shape index (κ1) is 20.6. The molecule has 30 heavy (non-hydrogen) atoms. The Morgan fingerprint density at radius 3 is 2.57 bits per heavy atom. The second-order valence-electron chi connectivity index (χ2n) is 7.75. The van der Waals surface area contributed by atoms with Crippen LogP contribution in [0.5, 0.6) is 0 Å². The zero-order valence-electron chi connectivity index (χ0n) is 16.6. The van der Waals surface area contributed by atoms with Gasteiger partial charge in [-0.2, -0.15) is 0 Å². The van der Waals surface area contributed by atoms with Crippen LogP contribution in [0.1, 0.15) is 31.2 Å². The largest absolute Gasteiger partial charge is 0.380 e. The van der Waals surface area contributed by atoms with E-state index in [4.69, 9.17) is 17.3 Å². The zero-order valence-corrected chi connectivity index (χ0v) is 17.4. The molecular weight excluding hydrogens is 401 g/mol. The van der Waals surface area contributed by atoms with Crippen molar-refractivity contribution in [2.45, 2.75) is 44.3 Å². The van der Waals surface area contributed by atoms with Crippen LogP contribution in [-0.2, 0) is 6.54 Å². The number of pyridine rings is 2. The van der Waals surface area contributed by atoms with Crippen LogP contribution < -0.4 is 16.4 Å². The van der Waals surface area contributed by atoms with Gasteiger partial charge in [0.05, 0.1) is 10.7 Å². The number of nitrogens with one attached hydrogen (secondary N) is 2. The van der Waals surface area contributed by atoms with Crippen LogP contribution in [0.15, 0.2) is 55.0 Å². The fourth-order valence-electron chi connectivity index (χ4n) is 3.70. The third-order valence-corrected chi connectivity index (χ3v) is 5.74. The summed E-state index contributed by atoms with van der Waals surface area (Å²) >= 11 is 6.44. The molecule has 2 heterocycles. The van der Waals surface area contributed by atoms with E-state index >= 15 is 0 Å². The minimum Gasteiger partial charge on any atom is -0.380 e. The van der Waals surface area contributed by atoms with E-state index in [1.807, 2.05) is 12.1 Å². The van der Waals surface area contributed by atoms with Gasteiger partial charge in [-0.05, 0) is 55.5 Å². The number of halogens is 2. The van der Waals surface area contributed by atoms with Gasteiger partial charge >= 0.3 is 0 Å². The molecule has 0 bridgehead atoms. The Morgan fingerprint density at radius 2 is 1.80 bits per heavy atom. The Morgan fingerprint density at radius 1 is 1.03 bits per heavy atom. The molecule has 0 spiro atoms. The van der Waals surface area contributed by atoms with E-state index in [1.54, 1.807) is 30.7 Å². The highest BCUT2D eigenvalue weighted by Gasteiger charge is 2.19. The molecule has 1 saturated carbocycles. The molecule has 5 nitrogen and oxygen atoms in total. The summed E-state index contributed by atoms with van der Waals surface area (Å²) in [6.45, 7) is 0.576. The van der Waals surface area contributed by atoms with E-state index in [1.165, 1.54) is 12.1 Å². The molecule has 1 aliphatic carbocycles. The standard InChI is InChI=1S/C23H25ClFN5/c24-22-14-29-23(30-19-7-5-18(26)6-8-19)10-21(22)16-9-20(13-27-12-16)28-11-15-1-3-17(25)4-2-15/h1-4,9-10,12-14,18-19,28H,5-8,11,26H2,(H,29,30). The number of anilines is 2. The summed E-state index contributed by atoms with van der Waals surface area (Å²) < 4.78 is 13.1. The summed E-state index contributed by atoms with van der Waals surface area (Å²) in [4.78, 5) is 8.79. The minimum atomic E-state index is -0.241. The average Bonchev–Trinajstić information content (AvgIpc) is 2.76. The fraction of sp³-hybridized carbons (Fsp3) is 0.304. The highest BCUT2D eigenvalue weighted by molar-refractivity contribution is 6.33. The summed E-state index contributed by atoms with van der Waals surface area (Å²) in [7, 11) is 0. The molecule has 0 aliphatic heterocycles. The van der Waals surface area contributed by atoms with Gasteiger partial charge in [0.25, 0.3) is 0 Å². The lowest BCUT2D eigenvalue weighted by Gasteiger charge is -2.27. The topological polar surface area (TPSA) is 75.9 Å². The number of nitrogens with zero attached hydrogens (tertiary/aromatic N) is 2. The van der Waals surface area contributed by atoms with Gasteiger partial charge in [-0.15, -0.1) is 0 Å². The second kappa shape index (κ2) is 9.41. The van der Waals surface area contributed by atoms with Gasteiger partial charge in [0.15, 0.2) is 0 Å². The summed E-state index contributed by atoms with van der Waals surface area (Å²) in [5.41, 5.74) is 9.63. The molecule has 1 aromatic carbocycles. The first-order chi connectivity index (χ1) is 14.6. The highest BCUT2D eigenvalue weighted by Crippen LogP contribution is 2.31. The van der Waals surface area contributed by atoms with Gasteiger partial charge in [0, 0.05) is 48.3 Å². The molecule has 7 heteroatoms. The van der Waals surface area contributed by atoms with Crippen molar-refractivity contribution in [2.24, 2.45) is 5.73 Å². The van der Waals surface area contributed by atoms with Crippen LogP contribution in [0.25, 0.3) is 11.1 Å². The lowest BCUT2D eigenvalue weighted by atomic mass is 9.92. The smallest absolute Gasteiger partial charge is 0.126 e. The van der Waals surface area contributed by atoms with Crippen molar-refractivity contribution >= 4 is 23.1 Å². The van der Waals surface area contributed by atoms with Crippen molar-refractivity contribution in [3.8, 4) is 11.1 Å². The Labute approximate surface area is 180 Å². The molecule has 4 N–H and O–H groups in total. The van der Waals surface area contributed by atoms with Crippen molar-refractivity contribution in [3.63, 3.8) is 0 Å². The van der Waals surface area contributed by atoms with Gasteiger partial charge in [0.1, 0.15) is 11.6 Å². The second-order valence-corrected chi connectivity index (χ2v) is 8.15. The molecule has 0 amide bonds. The number of aromatic nitrogens is 2. The number of hydrogen-bond acceptors (Lipinski definition) is 5. The summed E-state index contributed by atoms with van der Waals surface area (Å²) in [5, 5.41) is 7.41. The molecule has 0 atom stereocenters. The quantitative estimate of drug-likeness (QED) is 0.504. The van der Waals surface area contributed by atoms with Crippen LogP contribution in [0.3, 0.4) is 0 Å². The number of hydrogen-bond donors (Lipinski definition) is 3. The number of benzene rings is 1. The summed E-state index contributed by atoms with van der Waals surface area (Å²) in [6, 6.07) is 11.1. The molecule has 0 unspecified atom stereocenters. The van der Waals surface area contributed by atoms with E-state index in [0.29, 0.717) is 23.7 Å². The maximum Gasteiger partial charge on any atom is 0.126 e. The lowest BCUT2D eigenvalue weighted by molar-refractivity contribution is 0.410. The molecule has 156 valence electrons. The van der Waals surface area contributed by atoms with Crippen molar-refractivity contribution in [1.29, 1.82) is 0 Å². The predicted molar refractivity (Wildman–Crippen MR) is 120 cm³/mol. The molecular formula is C23H25ClFN5. The Balaban J connectivity index is 1.47. The maximum atomic E-state index is 13.1. The van der Waals surface area contributed by atoms with Crippen molar-refractivity contribution < 1.29 is 4.39 Å². The van der Waals surface area contributed by atoms with Crippen LogP contribution in [0.4, 0.5) is 15.9 Å². The van der Waals surface area contributed by atoms with Gasteiger partial charge in [-0.3, -0.25) is 4.98 Å². The van der Waals surface area contributed by atoms with E-state index in [9.17, 15) is 4.39 Å². The van der Waals surface area contributed by atoms with E-state index in [2.05, 4.69) is 20.6 Å². The van der Waals surface area contributed by atoms with Gasteiger partial charge in [-0.25, -0.2) is 9.37 Å². The molecule has 1 aliphatic rings. The molecule has 1 fully saturated rings. The summed E-state index contributed by atoms with van der Waals surface area (Å²) in [6.07, 6.45) is 9.37. The molecule has 2 aromatic heterocycles. The maximum absolute atomic E-state index is 13.1. The molecule has 4 rings (SSSR count). The molecule has 0 saturated heterocycles.